The Balaban J connectivity index is 1.30. The van der Waals surface area contributed by atoms with Crippen LogP contribution in [0.5, 0.6) is 5.75 Å². The van der Waals surface area contributed by atoms with Gasteiger partial charge in [-0.1, -0.05) is 41.9 Å². The largest absolute Gasteiger partial charge is 0.506 e. The zero-order chi connectivity index (χ0) is 19.6. The molecule has 6 heteroatoms. The minimum Gasteiger partial charge on any atom is -0.506 e. The molecular formula is C22H30N4O2. The highest BCUT2D eigenvalue weighted by Crippen LogP contribution is 2.15. The quantitative estimate of drug-likeness (QED) is 0.302. The zero-order valence-electron chi connectivity index (χ0n) is 16.4. The van der Waals surface area contributed by atoms with Gasteiger partial charge in [0.25, 0.3) is 0 Å². The van der Waals surface area contributed by atoms with Crippen molar-refractivity contribution in [3.05, 3.63) is 59.4 Å². The Hall–Kier alpha value is -2.44. The van der Waals surface area contributed by atoms with Gasteiger partial charge in [-0.25, -0.2) is 4.98 Å². The van der Waals surface area contributed by atoms with Gasteiger partial charge in [0.05, 0.1) is 6.21 Å². The zero-order valence-corrected chi connectivity index (χ0v) is 16.4. The first-order valence-corrected chi connectivity index (χ1v) is 10.1. The highest BCUT2D eigenvalue weighted by molar-refractivity contribution is 5.80. The number of hydrogen-bond acceptors (Lipinski definition) is 6. The molecule has 0 amide bonds. The van der Waals surface area contributed by atoms with Gasteiger partial charge in [0.1, 0.15) is 11.4 Å². The number of hydrogen-bond donors (Lipinski definition) is 2. The van der Waals surface area contributed by atoms with Crippen LogP contribution in [0.15, 0.2) is 47.6 Å². The molecule has 1 aliphatic heterocycles. The van der Waals surface area contributed by atoms with E-state index in [1.807, 2.05) is 6.07 Å². The maximum atomic E-state index is 9.65. The van der Waals surface area contributed by atoms with Crippen LogP contribution in [0.4, 0.5) is 0 Å². The molecule has 0 unspecified atom stereocenters. The number of benzene rings is 1. The van der Waals surface area contributed by atoms with Crippen molar-refractivity contribution in [3.63, 3.8) is 0 Å². The van der Waals surface area contributed by atoms with Crippen molar-refractivity contribution in [1.82, 2.24) is 14.8 Å². The number of oxime groups is 1. The summed E-state index contributed by atoms with van der Waals surface area (Å²) in [6.07, 6.45) is 5.47. The molecule has 0 aliphatic carbocycles. The summed E-state index contributed by atoms with van der Waals surface area (Å²) in [6, 6.07) is 14.1. The van der Waals surface area contributed by atoms with Crippen molar-refractivity contribution >= 4 is 6.21 Å². The third-order valence-electron chi connectivity index (χ3n) is 5.26. The normalized spacial score (nSPS) is 16.0. The first-order chi connectivity index (χ1) is 13.7. The van der Waals surface area contributed by atoms with Crippen LogP contribution >= 0.6 is 0 Å². The molecular weight excluding hydrogens is 352 g/mol. The molecule has 0 spiro atoms. The molecule has 0 radical (unpaired) electrons. The molecule has 6 nitrogen and oxygen atoms in total. The van der Waals surface area contributed by atoms with Crippen LogP contribution in [-0.4, -0.2) is 64.0 Å². The van der Waals surface area contributed by atoms with Gasteiger partial charge < -0.3 is 15.2 Å². The standard InChI is InChI=1S/C22H30N4O2/c27-22-11-10-20(24-21(22)17-23-28)9-5-2-6-12-25-13-15-26(16-14-25)18-19-7-3-1-4-8-19/h1,3-4,7-8,10-11,17,27-28H,2,5-6,9,12-16,18H2. The average Bonchev–Trinajstić information content (AvgIpc) is 2.72. The fraction of sp³-hybridized carbons (Fsp3) is 0.455. The lowest BCUT2D eigenvalue weighted by molar-refractivity contribution is 0.125. The van der Waals surface area contributed by atoms with E-state index in [0.717, 1.165) is 70.4 Å². The topological polar surface area (TPSA) is 72.2 Å². The monoisotopic (exact) mass is 382 g/mol. The van der Waals surface area contributed by atoms with E-state index in [0.29, 0.717) is 5.69 Å². The summed E-state index contributed by atoms with van der Waals surface area (Å²) in [5.41, 5.74) is 2.63. The molecule has 3 rings (SSSR count). The van der Waals surface area contributed by atoms with Gasteiger partial charge in [0, 0.05) is 38.4 Å². The van der Waals surface area contributed by atoms with Gasteiger partial charge in [-0.2, -0.15) is 0 Å². The molecule has 28 heavy (non-hydrogen) atoms. The van der Waals surface area contributed by atoms with Gasteiger partial charge in [0.15, 0.2) is 0 Å². The molecule has 1 aromatic carbocycles. The third kappa shape index (κ3) is 6.32. The van der Waals surface area contributed by atoms with Gasteiger partial charge >= 0.3 is 0 Å². The van der Waals surface area contributed by atoms with Crippen molar-refractivity contribution in [2.45, 2.75) is 32.2 Å². The summed E-state index contributed by atoms with van der Waals surface area (Å²) in [5.74, 6) is 0.0351. The van der Waals surface area contributed by atoms with Gasteiger partial charge in [0.2, 0.25) is 0 Å². The van der Waals surface area contributed by atoms with Crippen molar-refractivity contribution in [2.24, 2.45) is 5.16 Å². The number of piperazine rings is 1. The van der Waals surface area contributed by atoms with Gasteiger partial charge in [-0.05, 0) is 43.5 Å². The number of aromatic nitrogens is 1. The lowest BCUT2D eigenvalue weighted by Crippen LogP contribution is -2.46. The SMILES string of the molecule is ON=Cc1nc(CCCCCN2CCN(Cc3ccccc3)CC2)ccc1O. The molecule has 150 valence electrons. The van der Waals surface area contributed by atoms with Crippen molar-refractivity contribution in [1.29, 1.82) is 0 Å². The Morgan fingerprint density at radius 3 is 2.43 bits per heavy atom. The second kappa shape index (κ2) is 10.8. The van der Waals surface area contributed by atoms with Crippen molar-refractivity contribution in [3.8, 4) is 5.75 Å². The molecule has 0 atom stereocenters. The van der Waals surface area contributed by atoms with E-state index in [2.05, 4.69) is 50.3 Å². The Labute approximate surface area is 167 Å². The van der Waals surface area contributed by atoms with E-state index in [1.54, 1.807) is 6.07 Å². The number of aromatic hydroxyl groups is 1. The molecule has 2 N–H and O–H groups in total. The highest BCUT2D eigenvalue weighted by atomic mass is 16.4. The molecule has 1 fully saturated rings. The fourth-order valence-corrected chi connectivity index (χ4v) is 3.63. The van der Waals surface area contributed by atoms with Crippen LogP contribution in [0.25, 0.3) is 0 Å². The molecule has 1 aromatic heterocycles. The second-order valence-corrected chi connectivity index (χ2v) is 7.37. The molecule has 1 aliphatic rings. The number of nitrogens with zero attached hydrogens (tertiary/aromatic N) is 4. The Bertz CT molecular complexity index is 743. The van der Waals surface area contributed by atoms with E-state index in [9.17, 15) is 5.11 Å². The van der Waals surface area contributed by atoms with Crippen LogP contribution in [0.1, 0.15) is 36.2 Å². The Morgan fingerprint density at radius 1 is 0.929 bits per heavy atom. The molecule has 0 saturated carbocycles. The first-order valence-electron chi connectivity index (χ1n) is 10.1. The third-order valence-corrected chi connectivity index (χ3v) is 5.26. The van der Waals surface area contributed by atoms with Crippen LogP contribution in [0, 0.1) is 0 Å². The van der Waals surface area contributed by atoms with E-state index >= 15 is 0 Å². The van der Waals surface area contributed by atoms with Gasteiger partial charge in [-0.3, -0.25) is 4.90 Å². The molecule has 1 saturated heterocycles. The lowest BCUT2D eigenvalue weighted by atomic mass is 10.1. The molecule has 0 bridgehead atoms. The number of pyridine rings is 1. The summed E-state index contributed by atoms with van der Waals surface area (Å²) in [5, 5.41) is 21.2. The predicted molar refractivity (Wildman–Crippen MR) is 111 cm³/mol. The maximum Gasteiger partial charge on any atom is 0.142 e. The minimum absolute atomic E-state index is 0.0351. The van der Waals surface area contributed by atoms with Crippen LogP contribution in [0.2, 0.25) is 0 Å². The van der Waals surface area contributed by atoms with E-state index < -0.39 is 0 Å². The number of unbranched alkanes of at least 4 members (excludes halogenated alkanes) is 2. The smallest absolute Gasteiger partial charge is 0.142 e. The van der Waals surface area contributed by atoms with Crippen LogP contribution < -0.4 is 0 Å². The minimum atomic E-state index is 0.0351. The first kappa shape index (κ1) is 20.3. The van der Waals surface area contributed by atoms with Crippen LogP contribution in [-0.2, 0) is 13.0 Å². The summed E-state index contributed by atoms with van der Waals surface area (Å²) >= 11 is 0. The number of rotatable bonds is 9. The summed E-state index contributed by atoms with van der Waals surface area (Å²) in [6.45, 7) is 6.79. The molecule has 2 aromatic rings. The Morgan fingerprint density at radius 2 is 1.68 bits per heavy atom. The predicted octanol–water partition coefficient (Wildman–Crippen LogP) is 3.13. The van der Waals surface area contributed by atoms with E-state index in [-0.39, 0.29) is 5.75 Å². The Kier molecular flexibility index (Phi) is 7.82. The van der Waals surface area contributed by atoms with E-state index in [1.165, 1.54) is 12.0 Å². The maximum absolute atomic E-state index is 9.65. The van der Waals surface area contributed by atoms with Crippen molar-refractivity contribution < 1.29 is 10.3 Å². The van der Waals surface area contributed by atoms with Gasteiger partial charge in [-0.15, -0.1) is 0 Å². The summed E-state index contributed by atoms with van der Waals surface area (Å²) in [4.78, 5) is 9.42. The number of aryl methyl sites for hydroxylation is 1. The highest BCUT2D eigenvalue weighted by Gasteiger charge is 2.16. The summed E-state index contributed by atoms with van der Waals surface area (Å²) in [7, 11) is 0. The van der Waals surface area contributed by atoms with E-state index in [4.69, 9.17) is 5.21 Å². The lowest BCUT2D eigenvalue weighted by Gasteiger charge is -2.34. The fourth-order valence-electron chi connectivity index (χ4n) is 3.63. The van der Waals surface area contributed by atoms with Crippen LogP contribution in [0.3, 0.4) is 0 Å². The average molecular weight is 383 g/mol. The second-order valence-electron chi connectivity index (χ2n) is 7.37. The summed E-state index contributed by atoms with van der Waals surface area (Å²) < 4.78 is 0. The molecule has 2 heterocycles. The van der Waals surface area contributed by atoms with Crippen molar-refractivity contribution in [2.75, 3.05) is 32.7 Å².